The third-order valence-corrected chi connectivity index (χ3v) is 5.10. The number of H-pyrrole nitrogens is 1. The number of thiazole rings is 1. The van der Waals surface area contributed by atoms with Crippen molar-refractivity contribution in [1.82, 2.24) is 9.97 Å². The molecule has 0 saturated heterocycles. The highest BCUT2D eigenvalue weighted by atomic mass is 32.1. The molecule has 3 rings (SSSR count). The summed E-state index contributed by atoms with van der Waals surface area (Å²) in [7, 11) is 4.59. The minimum atomic E-state index is -0.354. The van der Waals surface area contributed by atoms with Crippen molar-refractivity contribution in [3.05, 3.63) is 40.4 Å². The van der Waals surface area contributed by atoms with Gasteiger partial charge in [-0.25, -0.2) is 9.78 Å². The quantitative estimate of drug-likeness (QED) is 0.679. The number of hydrogen-bond donors (Lipinski definition) is 1. The topological polar surface area (TPSA) is 73.4 Å². The smallest absolute Gasteiger partial charge is 0.339 e. The number of carbonyl (C=O) groups is 1. The normalized spacial score (nSPS) is 10.7. The van der Waals surface area contributed by atoms with Gasteiger partial charge >= 0.3 is 5.97 Å². The maximum Gasteiger partial charge on any atom is 0.339 e. The Morgan fingerprint density at radius 1 is 1.15 bits per heavy atom. The maximum atomic E-state index is 12.0. The first-order chi connectivity index (χ1) is 12.5. The molecule has 0 aliphatic carbocycles. The largest absolute Gasteiger partial charge is 0.493 e. The van der Waals surface area contributed by atoms with Gasteiger partial charge in [0.25, 0.3) is 0 Å². The van der Waals surface area contributed by atoms with Crippen LogP contribution in [-0.4, -0.2) is 37.3 Å². The van der Waals surface area contributed by atoms with Gasteiger partial charge in [0, 0.05) is 11.1 Å². The number of nitrogens with zero attached hydrogens (tertiary/aromatic N) is 1. The van der Waals surface area contributed by atoms with Crippen LogP contribution in [0.4, 0.5) is 0 Å². The van der Waals surface area contributed by atoms with Crippen LogP contribution in [-0.2, 0) is 4.74 Å². The molecule has 0 bridgehead atoms. The number of ether oxygens (including phenoxy) is 3. The number of esters is 1. The van der Waals surface area contributed by atoms with E-state index in [-0.39, 0.29) is 5.97 Å². The molecule has 26 heavy (non-hydrogen) atoms. The molecule has 0 amide bonds. The van der Waals surface area contributed by atoms with E-state index in [1.165, 1.54) is 18.4 Å². The van der Waals surface area contributed by atoms with E-state index in [0.717, 1.165) is 33.2 Å². The Kier molecular flexibility index (Phi) is 4.99. The first-order valence-corrected chi connectivity index (χ1v) is 8.84. The van der Waals surface area contributed by atoms with Crippen LogP contribution < -0.4 is 9.47 Å². The number of aryl methyl sites for hydroxylation is 1. The van der Waals surface area contributed by atoms with Crippen LogP contribution in [0.5, 0.6) is 11.5 Å². The van der Waals surface area contributed by atoms with Crippen molar-refractivity contribution in [3.63, 3.8) is 0 Å². The van der Waals surface area contributed by atoms with Gasteiger partial charge < -0.3 is 19.2 Å². The highest BCUT2D eigenvalue weighted by molar-refractivity contribution is 7.13. The fourth-order valence-electron chi connectivity index (χ4n) is 2.98. The number of aromatic amines is 1. The highest BCUT2D eigenvalue weighted by Crippen LogP contribution is 2.40. The molecule has 7 heteroatoms. The zero-order valence-electron chi connectivity index (χ0n) is 15.3. The Labute approximate surface area is 155 Å². The Hall–Kier alpha value is -2.80. The molecular weight excluding hydrogens is 352 g/mol. The Bertz CT molecular complexity index is 959. The molecule has 0 unspecified atom stereocenters. The molecule has 0 fully saturated rings. The molecule has 0 radical (unpaired) electrons. The molecule has 2 aromatic heterocycles. The maximum absolute atomic E-state index is 12.0. The molecular formula is C19H20N2O4S. The Morgan fingerprint density at radius 2 is 1.92 bits per heavy atom. The first-order valence-electron chi connectivity index (χ1n) is 7.96. The van der Waals surface area contributed by atoms with Gasteiger partial charge in [-0.3, -0.25) is 0 Å². The van der Waals surface area contributed by atoms with Crippen LogP contribution in [0, 0.1) is 13.8 Å². The average molecular weight is 372 g/mol. The molecule has 0 aliphatic heterocycles. The van der Waals surface area contributed by atoms with Crippen molar-refractivity contribution < 1.29 is 19.0 Å². The third-order valence-electron chi connectivity index (χ3n) is 4.22. The Morgan fingerprint density at radius 3 is 2.58 bits per heavy atom. The van der Waals surface area contributed by atoms with Crippen LogP contribution in [0.15, 0.2) is 23.6 Å². The molecule has 136 valence electrons. The van der Waals surface area contributed by atoms with E-state index in [2.05, 4.69) is 4.98 Å². The van der Waals surface area contributed by atoms with Gasteiger partial charge in [0.2, 0.25) is 0 Å². The van der Waals surface area contributed by atoms with Crippen molar-refractivity contribution >= 4 is 17.3 Å². The summed E-state index contributed by atoms with van der Waals surface area (Å²) in [6, 6.07) is 5.69. The second-order valence-electron chi connectivity index (χ2n) is 5.70. The number of nitrogens with one attached hydrogen (secondary N) is 1. The number of benzene rings is 1. The third kappa shape index (κ3) is 2.94. The summed E-state index contributed by atoms with van der Waals surface area (Å²) < 4.78 is 15.7. The SMILES string of the molecule is COC(=O)c1c(C)[nH]c(-c2csc(-c3cccc(OC)c3OC)n2)c1C. The molecule has 0 atom stereocenters. The molecule has 0 spiro atoms. The molecule has 1 aromatic carbocycles. The lowest BCUT2D eigenvalue weighted by Gasteiger charge is -2.10. The van der Waals surface area contributed by atoms with Gasteiger partial charge in [0.05, 0.1) is 43.8 Å². The summed E-state index contributed by atoms with van der Waals surface area (Å²) in [5.41, 5.74) is 4.58. The first kappa shape index (κ1) is 18.0. The predicted molar refractivity (Wildman–Crippen MR) is 101 cm³/mol. The van der Waals surface area contributed by atoms with Gasteiger partial charge in [-0.05, 0) is 31.5 Å². The lowest BCUT2D eigenvalue weighted by atomic mass is 10.1. The van der Waals surface area contributed by atoms with E-state index in [0.29, 0.717) is 17.1 Å². The number of aromatic nitrogens is 2. The van der Waals surface area contributed by atoms with E-state index >= 15 is 0 Å². The Balaban J connectivity index is 2.06. The van der Waals surface area contributed by atoms with Crippen molar-refractivity contribution in [2.24, 2.45) is 0 Å². The van der Waals surface area contributed by atoms with E-state index in [4.69, 9.17) is 19.2 Å². The van der Waals surface area contributed by atoms with Crippen LogP contribution in [0.1, 0.15) is 21.6 Å². The van der Waals surface area contributed by atoms with Gasteiger partial charge in [-0.15, -0.1) is 11.3 Å². The molecule has 0 saturated carbocycles. The van der Waals surface area contributed by atoms with E-state index in [1.807, 2.05) is 37.4 Å². The fourth-order valence-corrected chi connectivity index (χ4v) is 3.81. The van der Waals surface area contributed by atoms with Gasteiger partial charge in [-0.2, -0.15) is 0 Å². The predicted octanol–water partition coefficient (Wildman–Crippen LogP) is 4.23. The summed E-state index contributed by atoms with van der Waals surface area (Å²) in [5.74, 6) is 0.944. The highest BCUT2D eigenvalue weighted by Gasteiger charge is 2.22. The zero-order chi connectivity index (χ0) is 18.8. The van der Waals surface area contributed by atoms with Crippen molar-refractivity contribution in [2.75, 3.05) is 21.3 Å². The standard InChI is InChI=1S/C19H20N2O4S/c1-10-15(19(22)25-5)11(2)20-16(10)13-9-26-18(21-13)12-7-6-8-14(23-3)17(12)24-4/h6-9,20H,1-5H3. The second-order valence-corrected chi connectivity index (χ2v) is 6.55. The van der Waals surface area contributed by atoms with Crippen LogP contribution >= 0.6 is 11.3 Å². The second kappa shape index (κ2) is 7.21. The number of methoxy groups -OCH3 is 3. The monoisotopic (exact) mass is 372 g/mol. The number of para-hydroxylation sites is 1. The zero-order valence-corrected chi connectivity index (χ0v) is 16.1. The van der Waals surface area contributed by atoms with Crippen molar-refractivity contribution in [1.29, 1.82) is 0 Å². The van der Waals surface area contributed by atoms with E-state index in [9.17, 15) is 4.79 Å². The number of hydrogen-bond acceptors (Lipinski definition) is 6. The summed E-state index contributed by atoms with van der Waals surface area (Å²) in [6.45, 7) is 3.73. The summed E-state index contributed by atoms with van der Waals surface area (Å²) in [6.07, 6.45) is 0. The summed E-state index contributed by atoms with van der Waals surface area (Å²) >= 11 is 1.50. The minimum absolute atomic E-state index is 0.354. The lowest BCUT2D eigenvalue weighted by molar-refractivity contribution is 0.0599. The molecule has 2 heterocycles. The fraction of sp³-hybridized carbons (Fsp3) is 0.263. The lowest BCUT2D eigenvalue weighted by Crippen LogP contribution is -2.03. The van der Waals surface area contributed by atoms with Gasteiger partial charge in [-0.1, -0.05) is 6.07 Å². The summed E-state index contributed by atoms with van der Waals surface area (Å²) in [5, 5.41) is 2.76. The molecule has 0 aliphatic rings. The van der Waals surface area contributed by atoms with Crippen LogP contribution in [0.3, 0.4) is 0 Å². The van der Waals surface area contributed by atoms with Crippen molar-refractivity contribution in [2.45, 2.75) is 13.8 Å². The van der Waals surface area contributed by atoms with Crippen LogP contribution in [0.25, 0.3) is 22.0 Å². The molecule has 3 aromatic rings. The van der Waals surface area contributed by atoms with E-state index < -0.39 is 0 Å². The van der Waals surface area contributed by atoms with E-state index in [1.54, 1.807) is 14.2 Å². The summed E-state index contributed by atoms with van der Waals surface area (Å²) in [4.78, 5) is 20.0. The minimum Gasteiger partial charge on any atom is -0.493 e. The van der Waals surface area contributed by atoms with Gasteiger partial charge in [0.15, 0.2) is 11.5 Å². The van der Waals surface area contributed by atoms with Crippen molar-refractivity contribution in [3.8, 4) is 33.5 Å². The number of carbonyl (C=O) groups excluding carboxylic acids is 1. The van der Waals surface area contributed by atoms with Crippen LogP contribution in [0.2, 0.25) is 0 Å². The molecule has 1 N–H and O–H groups in total. The number of rotatable bonds is 5. The average Bonchev–Trinajstić information content (AvgIpc) is 3.24. The molecule has 6 nitrogen and oxygen atoms in total. The van der Waals surface area contributed by atoms with Gasteiger partial charge in [0.1, 0.15) is 5.01 Å².